The molecule has 6 heteroatoms. The minimum Gasteiger partial charge on any atom is -0.462 e. The predicted octanol–water partition coefficient (Wildman–Crippen LogP) is 20.2. The van der Waals surface area contributed by atoms with Gasteiger partial charge in [-0.1, -0.05) is 283 Å². The number of carbonyl (C=O) groups is 3. The number of rotatable bonds is 52. The number of ether oxygens (including phenoxy) is 3. The molecule has 0 amide bonds. The van der Waals surface area contributed by atoms with Crippen LogP contribution in [0, 0.1) is 0 Å². The van der Waals surface area contributed by atoms with E-state index in [0.29, 0.717) is 12.8 Å². The SMILES string of the molecule is CC/C=C\C/C=C\C/C=C\C/C=C\C/C=C\C/C=C\CCC(=O)OC(COC(=O)C/C=C\C/C=C\C/C=C\C/C=C\C/C=C\CC)COC(=O)CCCCCCCCCCCCCCCCCCCCCCC. The molecule has 0 saturated carbocycles. The Morgan fingerprint density at radius 3 is 0.932 bits per heavy atom. The molecule has 1 atom stereocenters. The zero-order valence-corrected chi connectivity index (χ0v) is 47.1. The van der Waals surface area contributed by atoms with Crippen molar-refractivity contribution < 1.29 is 28.6 Å². The van der Waals surface area contributed by atoms with Crippen molar-refractivity contribution in [3.63, 3.8) is 0 Å². The average molecular weight is 1010 g/mol. The summed E-state index contributed by atoms with van der Waals surface area (Å²) in [5.74, 6) is -1.16. The van der Waals surface area contributed by atoms with Gasteiger partial charge in [-0.15, -0.1) is 0 Å². The van der Waals surface area contributed by atoms with E-state index in [-0.39, 0.29) is 32.0 Å². The van der Waals surface area contributed by atoms with Gasteiger partial charge in [0.1, 0.15) is 13.2 Å². The van der Waals surface area contributed by atoms with E-state index in [0.717, 1.165) is 89.9 Å². The van der Waals surface area contributed by atoms with Crippen molar-refractivity contribution in [1.29, 1.82) is 0 Å². The van der Waals surface area contributed by atoms with Crippen LogP contribution >= 0.6 is 0 Å². The minimum atomic E-state index is -0.862. The molecular weight excluding hydrogens is 901 g/mol. The highest BCUT2D eigenvalue weighted by atomic mass is 16.6. The first-order valence-corrected chi connectivity index (χ1v) is 29.7. The molecule has 0 heterocycles. The molecule has 0 spiro atoms. The van der Waals surface area contributed by atoms with Crippen molar-refractivity contribution in [2.75, 3.05) is 13.2 Å². The van der Waals surface area contributed by atoms with Crippen molar-refractivity contribution in [2.45, 2.75) is 258 Å². The van der Waals surface area contributed by atoms with E-state index in [2.05, 4.69) is 130 Å². The zero-order chi connectivity index (χ0) is 52.9. The highest BCUT2D eigenvalue weighted by Crippen LogP contribution is 2.16. The van der Waals surface area contributed by atoms with E-state index < -0.39 is 18.0 Å². The lowest BCUT2D eigenvalue weighted by molar-refractivity contribution is -0.166. The Morgan fingerprint density at radius 1 is 0.301 bits per heavy atom. The number of hydrogen-bond acceptors (Lipinski definition) is 6. The summed E-state index contributed by atoms with van der Waals surface area (Å²) in [7, 11) is 0. The topological polar surface area (TPSA) is 78.9 Å². The van der Waals surface area contributed by atoms with Gasteiger partial charge in [0.25, 0.3) is 0 Å². The summed E-state index contributed by atoms with van der Waals surface area (Å²) in [4.78, 5) is 38.1. The molecule has 0 radical (unpaired) electrons. The molecule has 0 rings (SSSR count). The van der Waals surface area contributed by atoms with Crippen molar-refractivity contribution in [3.8, 4) is 0 Å². The fraction of sp³-hybridized carbons (Fsp3) is 0.627. The van der Waals surface area contributed by atoms with Crippen LogP contribution in [0.2, 0.25) is 0 Å². The normalized spacial score (nSPS) is 13.1. The van der Waals surface area contributed by atoms with Crippen molar-refractivity contribution >= 4 is 17.9 Å². The monoisotopic (exact) mass is 1010 g/mol. The second-order valence-corrected chi connectivity index (χ2v) is 19.2. The molecule has 412 valence electrons. The molecule has 0 saturated heterocycles. The number of carbonyl (C=O) groups excluding carboxylic acids is 3. The number of allylic oxidation sites excluding steroid dienone is 21. The van der Waals surface area contributed by atoms with Gasteiger partial charge in [-0.3, -0.25) is 14.4 Å². The highest BCUT2D eigenvalue weighted by Gasteiger charge is 2.19. The molecule has 0 N–H and O–H groups in total. The highest BCUT2D eigenvalue weighted by molar-refractivity contribution is 5.72. The van der Waals surface area contributed by atoms with Crippen LogP contribution in [0.4, 0.5) is 0 Å². The van der Waals surface area contributed by atoms with Crippen molar-refractivity contribution in [3.05, 3.63) is 134 Å². The summed E-state index contributed by atoms with van der Waals surface area (Å²) in [5, 5.41) is 0. The molecular formula is C67H108O6. The second kappa shape index (κ2) is 60.1. The predicted molar refractivity (Wildman–Crippen MR) is 316 cm³/mol. The third-order valence-corrected chi connectivity index (χ3v) is 12.2. The Balaban J connectivity index is 4.55. The fourth-order valence-electron chi connectivity index (χ4n) is 7.84. The van der Waals surface area contributed by atoms with Gasteiger partial charge in [0, 0.05) is 12.8 Å². The van der Waals surface area contributed by atoms with Gasteiger partial charge in [0.05, 0.1) is 6.42 Å². The second-order valence-electron chi connectivity index (χ2n) is 19.2. The minimum absolute atomic E-state index is 0.107. The Bertz CT molecular complexity index is 1580. The first-order valence-electron chi connectivity index (χ1n) is 29.7. The summed E-state index contributed by atoms with van der Waals surface area (Å²) in [5.41, 5.74) is 0. The number of unbranched alkanes of at least 4 members (excludes halogenated alkanes) is 20. The fourth-order valence-corrected chi connectivity index (χ4v) is 7.84. The molecule has 0 aromatic carbocycles. The van der Waals surface area contributed by atoms with Crippen LogP contribution in [0.25, 0.3) is 0 Å². The Kier molecular flexibility index (Phi) is 56.4. The van der Waals surface area contributed by atoms with Gasteiger partial charge in [-0.25, -0.2) is 0 Å². The first-order chi connectivity index (χ1) is 36.0. The number of hydrogen-bond donors (Lipinski definition) is 0. The van der Waals surface area contributed by atoms with E-state index in [1.165, 1.54) is 116 Å². The molecule has 1 unspecified atom stereocenters. The van der Waals surface area contributed by atoms with Crippen LogP contribution in [0.5, 0.6) is 0 Å². The summed E-state index contributed by atoms with van der Waals surface area (Å²) in [6.45, 7) is 6.27. The molecule has 0 aliphatic heterocycles. The van der Waals surface area contributed by atoms with Crippen molar-refractivity contribution in [1.82, 2.24) is 0 Å². The van der Waals surface area contributed by atoms with Gasteiger partial charge >= 0.3 is 17.9 Å². The first kappa shape index (κ1) is 68.6. The van der Waals surface area contributed by atoms with Gasteiger partial charge in [0.2, 0.25) is 0 Å². The maximum absolute atomic E-state index is 12.8. The summed E-state index contributed by atoms with van der Waals surface area (Å²) >= 11 is 0. The van der Waals surface area contributed by atoms with E-state index in [1.807, 2.05) is 18.2 Å². The van der Waals surface area contributed by atoms with Crippen LogP contribution in [-0.4, -0.2) is 37.2 Å². The van der Waals surface area contributed by atoms with Crippen LogP contribution in [0.15, 0.2) is 134 Å². The lowest BCUT2D eigenvalue weighted by Crippen LogP contribution is -2.30. The quantitative estimate of drug-likeness (QED) is 0.0261. The summed E-state index contributed by atoms with van der Waals surface area (Å²) < 4.78 is 16.7. The Morgan fingerprint density at radius 2 is 0.589 bits per heavy atom. The average Bonchev–Trinajstić information content (AvgIpc) is 3.39. The van der Waals surface area contributed by atoms with E-state index in [4.69, 9.17) is 14.2 Å². The summed E-state index contributed by atoms with van der Waals surface area (Å²) in [6, 6.07) is 0. The van der Waals surface area contributed by atoms with Gasteiger partial charge in [-0.2, -0.15) is 0 Å². The van der Waals surface area contributed by atoms with Crippen LogP contribution in [0.3, 0.4) is 0 Å². The van der Waals surface area contributed by atoms with E-state index in [9.17, 15) is 14.4 Å². The molecule has 6 nitrogen and oxygen atoms in total. The maximum atomic E-state index is 12.8. The molecule has 0 aromatic rings. The van der Waals surface area contributed by atoms with Crippen LogP contribution < -0.4 is 0 Å². The largest absolute Gasteiger partial charge is 0.462 e. The van der Waals surface area contributed by atoms with E-state index in [1.54, 1.807) is 6.08 Å². The maximum Gasteiger partial charge on any atom is 0.309 e. The van der Waals surface area contributed by atoms with Crippen LogP contribution in [-0.2, 0) is 28.6 Å². The molecule has 0 bridgehead atoms. The molecule has 73 heavy (non-hydrogen) atoms. The van der Waals surface area contributed by atoms with Gasteiger partial charge in [-0.05, 0) is 83.5 Å². The summed E-state index contributed by atoms with van der Waals surface area (Å²) in [6.07, 6.45) is 84.9. The van der Waals surface area contributed by atoms with Gasteiger partial charge in [0.15, 0.2) is 6.10 Å². The molecule has 0 fully saturated rings. The van der Waals surface area contributed by atoms with Crippen molar-refractivity contribution in [2.24, 2.45) is 0 Å². The zero-order valence-electron chi connectivity index (χ0n) is 47.1. The smallest absolute Gasteiger partial charge is 0.309 e. The molecule has 0 aliphatic carbocycles. The van der Waals surface area contributed by atoms with Gasteiger partial charge < -0.3 is 14.2 Å². The van der Waals surface area contributed by atoms with E-state index >= 15 is 0 Å². The Labute approximate surface area is 449 Å². The third-order valence-electron chi connectivity index (χ3n) is 12.2. The lowest BCUT2D eigenvalue weighted by Gasteiger charge is -2.18. The molecule has 0 aliphatic rings. The Hall–Kier alpha value is -4.45. The standard InChI is InChI=1S/C67H108O6/c1-4-7-10-13-16-19-22-25-28-30-32-33-35-36-39-42-45-48-51-54-57-60-66(69)72-63-64(62-71-65(68)59-56-53-50-47-44-41-38-27-24-21-18-15-12-9-6-3)73-67(70)61-58-55-52-49-46-43-40-37-34-31-29-26-23-20-17-14-11-8-5-2/h8-9,11-12,17-18,20-21,26-27,29,34,37-38,43-44,46-47,52-53,55-56,64H,4-7,10,13-16,19,22-25,28,30-33,35-36,39-42,45,48-51,54,57-63H2,1-3H3/b11-8-,12-9-,20-17-,21-18-,29-26-,37-34-,38-27-,46-43-,47-44-,55-52-,56-53-. The number of esters is 3. The molecule has 0 aromatic heterocycles. The van der Waals surface area contributed by atoms with Crippen LogP contribution in [0.1, 0.15) is 252 Å². The third kappa shape index (κ3) is 58.3. The lowest BCUT2D eigenvalue weighted by atomic mass is 10.0.